The first-order valence-corrected chi connectivity index (χ1v) is 11.6. The van der Waals surface area contributed by atoms with Crippen molar-refractivity contribution in [3.63, 3.8) is 0 Å². The fraction of sp³-hybridized carbons (Fsp3) is 0.450. The van der Waals surface area contributed by atoms with Gasteiger partial charge in [-0.05, 0) is 30.5 Å². The number of hydrogen-bond donors (Lipinski definition) is 1. The van der Waals surface area contributed by atoms with E-state index in [2.05, 4.69) is 22.1 Å². The highest BCUT2D eigenvalue weighted by molar-refractivity contribution is 7.99. The fourth-order valence-corrected chi connectivity index (χ4v) is 4.86. The van der Waals surface area contributed by atoms with Gasteiger partial charge in [-0.25, -0.2) is 4.39 Å². The molecule has 0 atom stereocenters. The number of carbonyl (C=O) groups excluding carboxylic acids is 1. The molecule has 28 heavy (non-hydrogen) atoms. The van der Waals surface area contributed by atoms with Crippen LogP contribution in [0.1, 0.15) is 37.1 Å². The van der Waals surface area contributed by atoms with Gasteiger partial charge in [0, 0.05) is 18.3 Å². The maximum atomic E-state index is 13.0. The Kier molecular flexibility index (Phi) is 7.97. The van der Waals surface area contributed by atoms with Crippen molar-refractivity contribution in [2.45, 2.75) is 54.9 Å². The highest BCUT2D eigenvalue weighted by Crippen LogP contribution is 2.23. The van der Waals surface area contributed by atoms with Crippen molar-refractivity contribution in [2.24, 2.45) is 0 Å². The van der Waals surface area contributed by atoms with Gasteiger partial charge in [0.1, 0.15) is 11.6 Å². The smallest absolute Gasteiger partial charge is 0.230 e. The molecule has 0 bridgehead atoms. The zero-order valence-electron chi connectivity index (χ0n) is 15.8. The van der Waals surface area contributed by atoms with Gasteiger partial charge in [0.25, 0.3) is 0 Å². The topological polar surface area (TPSA) is 59.8 Å². The summed E-state index contributed by atoms with van der Waals surface area (Å²) in [5.41, 5.74) is 1.07. The van der Waals surface area contributed by atoms with Crippen molar-refractivity contribution in [1.82, 2.24) is 20.1 Å². The Labute approximate surface area is 173 Å². The molecule has 0 saturated heterocycles. The number of nitrogens with one attached hydrogen (secondary N) is 1. The average Bonchev–Trinajstić information content (AvgIpc) is 3.33. The van der Waals surface area contributed by atoms with E-state index in [4.69, 9.17) is 0 Å². The van der Waals surface area contributed by atoms with Crippen LogP contribution >= 0.6 is 23.5 Å². The lowest BCUT2D eigenvalue weighted by atomic mass is 10.2. The normalized spacial score (nSPS) is 14.3. The Balaban J connectivity index is 1.52. The summed E-state index contributed by atoms with van der Waals surface area (Å²) in [6, 6.07) is 6.86. The molecule has 1 N–H and O–H groups in total. The molecular formula is C20H25FN4OS2. The fourth-order valence-electron chi connectivity index (χ4n) is 3.16. The van der Waals surface area contributed by atoms with Crippen LogP contribution < -0.4 is 5.32 Å². The van der Waals surface area contributed by atoms with Crippen molar-refractivity contribution < 1.29 is 9.18 Å². The molecule has 1 aromatic heterocycles. The van der Waals surface area contributed by atoms with Crippen LogP contribution in [0.3, 0.4) is 0 Å². The molecule has 1 aliphatic carbocycles. The van der Waals surface area contributed by atoms with E-state index >= 15 is 0 Å². The summed E-state index contributed by atoms with van der Waals surface area (Å²) in [4.78, 5) is 12.2. The first kappa shape index (κ1) is 20.9. The number of aromatic nitrogens is 3. The van der Waals surface area contributed by atoms with Crippen LogP contribution in [0.15, 0.2) is 42.1 Å². The Hall–Kier alpha value is -1.80. The lowest BCUT2D eigenvalue weighted by molar-refractivity contribution is -0.119. The number of thioether (sulfide) groups is 2. The lowest BCUT2D eigenvalue weighted by Gasteiger charge is -2.12. The minimum absolute atomic E-state index is 0.0530. The predicted octanol–water partition coefficient (Wildman–Crippen LogP) is 4.19. The summed E-state index contributed by atoms with van der Waals surface area (Å²) in [7, 11) is 0. The van der Waals surface area contributed by atoms with Crippen molar-refractivity contribution in [1.29, 1.82) is 0 Å². The van der Waals surface area contributed by atoms with Crippen LogP contribution in [0, 0.1) is 5.82 Å². The number of nitrogens with zero attached hydrogens (tertiary/aromatic N) is 3. The summed E-state index contributed by atoms with van der Waals surface area (Å²) < 4.78 is 15.0. The second-order valence-electron chi connectivity index (χ2n) is 6.75. The van der Waals surface area contributed by atoms with E-state index in [9.17, 15) is 9.18 Å². The lowest BCUT2D eigenvalue weighted by Crippen LogP contribution is -2.33. The molecule has 0 spiro atoms. The van der Waals surface area contributed by atoms with Crippen LogP contribution in [0.4, 0.5) is 4.39 Å². The summed E-state index contributed by atoms with van der Waals surface area (Å²) in [5, 5.41) is 12.4. The number of allylic oxidation sites excluding steroid dienone is 1. The molecule has 0 unspecified atom stereocenters. The Morgan fingerprint density at radius 1 is 1.25 bits per heavy atom. The number of halogens is 1. The number of hydrogen-bond acceptors (Lipinski definition) is 5. The van der Waals surface area contributed by atoms with Gasteiger partial charge in [-0.2, -0.15) is 0 Å². The molecule has 1 amide bonds. The van der Waals surface area contributed by atoms with Gasteiger partial charge in [0.05, 0.1) is 11.5 Å². The van der Waals surface area contributed by atoms with E-state index in [1.807, 2.05) is 4.57 Å². The van der Waals surface area contributed by atoms with Gasteiger partial charge in [0.15, 0.2) is 5.16 Å². The molecule has 1 aliphatic rings. The largest absolute Gasteiger partial charge is 0.353 e. The highest BCUT2D eigenvalue weighted by atomic mass is 32.2. The highest BCUT2D eigenvalue weighted by Gasteiger charge is 2.18. The number of carbonyl (C=O) groups is 1. The van der Waals surface area contributed by atoms with E-state index < -0.39 is 0 Å². The zero-order chi connectivity index (χ0) is 19.8. The monoisotopic (exact) mass is 420 g/mol. The van der Waals surface area contributed by atoms with E-state index in [1.165, 1.54) is 36.7 Å². The number of amides is 1. The summed E-state index contributed by atoms with van der Waals surface area (Å²) in [5.74, 6) is 2.48. The molecule has 3 rings (SSSR count). The van der Waals surface area contributed by atoms with Gasteiger partial charge >= 0.3 is 0 Å². The molecule has 1 heterocycles. The molecule has 8 heteroatoms. The summed E-state index contributed by atoms with van der Waals surface area (Å²) in [6.07, 6.45) is 6.37. The van der Waals surface area contributed by atoms with Crippen molar-refractivity contribution >= 4 is 29.4 Å². The summed E-state index contributed by atoms with van der Waals surface area (Å²) >= 11 is 3.11. The standard InChI is InChI=1S/C20H25FN4OS2/c1-2-11-25-18(13-27-12-15-7-9-16(21)10-8-15)23-24-20(25)28-14-19(26)22-17-5-3-4-6-17/h2,7-10,17H,1,3-6,11-14H2,(H,22,26). The third-order valence-electron chi connectivity index (χ3n) is 4.57. The third-order valence-corrected chi connectivity index (χ3v) is 6.54. The second kappa shape index (κ2) is 10.7. The minimum Gasteiger partial charge on any atom is -0.353 e. The van der Waals surface area contributed by atoms with E-state index in [1.54, 1.807) is 30.0 Å². The molecule has 0 radical (unpaired) electrons. The number of rotatable bonds is 10. The predicted molar refractivity (Wildman–Crippen MR) is 113 cm³/mol. The molecular weight excluding hydrogens is 395 g/mol. The first-order valence-electron chi connectivity index (χ1n) is 9.43. The van der Waals surface area contributed by atoms with Crippen molar-refractivity contribution in [3.05, 3.63) is 54.1 Å². The van der Waals surface area contributed by atoms with Gasteiger partial charge in [-0.15, -0.1) is 28.5 Å². The maximum Gasteiger partial charge on any atom is 0.230 e. The summed E-state index contributed by atoms with van der Waals surface area (Å²) in [6.45, 7) is 4.41. The second-order valence-corrected chi connectivity index (χ2v) is 8.68. The minimum atomic E-state index is -0.224. The molecule has 150 valence electrons. The first-order chi connectivity index (χ1) is 13.7. The molecule has 1 fully saturated rings. The van der Waals surface area contributed by atoms with Crippen LogP contribution in [0.25, 0.3) is 0 Å². The molecule has 1 aromatic carbocycles. The average molecular weight is 421 g/mol. The van der Waals surface area contributed by atoms with Gasteiger partial charge in [0.2, 0.25) is 5.91 Å². The van der Waals surface area contributed by atoms with E-state index in [0.29, 0.717) is 24.1 Å². The SMILES string of the molecule is C=CCn1c(CSCc2ccc(F)cc2)nnc1SCC(=O)NC1CCCC1. The Morgan fingerprint density at radius 2 is 2.00 bits per heavy atom. The zero-order valence-corrected chi connectivity index (χ0v) is 17.4. The molecule has 5 nitrogen and oxygen atoms in total. The maximum absolute atomic E-state index is 13.0. The quantitative estimate of drug-likeness (QED) is 0.461. The van der Waals surface area contributed by atoms with Crippen molar-refractivity contribution in [2.75, 3.05) is 5.75 Å². The number of benzene rings is 1. The van der Waals surface area contributed by atoms with Crippen LogP contribution in [-0.2, 0) is 22.8 Å². The van der Waals surface area contributed by atoms with Crippen LogP contribution in [0.5, 0.6) is 0 Å². The third kappa shape index (κ3) is 6.10. The van der Waals surface area contributed by atoms with Gasteiger partial charge < -0.3 is 9.88 Å². The van der Waals surface area contributed by atoms with Crippen LogP contribution in [0.2, 0.25) is 0 Å². The molecule has 1 saturated carbocycles. The Morgan fingerprint density at radius 3 is 2.71 bits per heavy atom. The van der Waals surface area contributed by atoms with E-state index in [0.717, 1.165) is 35.1 Å². The van der Waals surface area contributed by atoms with Crippen LogP contribution in [-0.4, -0.2) is 32.5 Å². The Bertz CT molecular complexity index is 788. The van der Waals surface area contributed by atoms with E-state index in [-0.39, 0.29) is 11.7 Å². The molecule has 2 aromatic rings. The van der Waals surface area contributed by atoms with Crippen molar-refractivity contribution in [3.8, 4) is 0 Å². The van der Waals surface area contributed by atoms with Gasteiger partial charge in [-0.1, -0.05) is 42.8 Å². The van der Waals surface area contributed by atoms with Gasteiger partial charge in [-0.3, -0.25) is 4.79 Å². The molecule has 0 aliphatic heterocycles.